The van der Waals surface area contributed by atoms with Crippen LogP contribution < -0.4 is 11.3 Å². The number of hydrogen-bond acceptors (Lipinski definition) is 2. The number of pyridine rings is 1. The lowest BCUT2D eigenvalue weighted by Crippen LogP contribution is -2.19. The smallest absolute Gasteiger partial charge is 0.250 e. The Morgan fingerprint density at radius 1 is 1.29 bits per heavy atom. The second kappa shape index (κ2) is 4.71. The highest BCUT2D eigenvalue weighted by Crippen LogP contribution is 2.18. The molecule has 0 aliphatic rings. The third-order valence-corrected chi connectivity index (χ3v) is 3.10. The molecule has 0 spiro atoms. The molecule has 2 aromatic rings. The Morgan fingerprint density at radius 3 is 2.76 bits per heavy atom. The van der Waals surface area contributed by atoms with E-state index in [0.29, 0.717) is 16.7 Å². The van der Waals surface area contributed by atoms with Gasteiger partial charge in [-0.15, -0.1) is 0 Å². The first-order chi connectivity index (χ1) is 8.06. The quantitative estimate of drug-likeness (QED) is 0.925. The molecule has 1 heterocycles. The molecular weight excluding hydrogens is 287 g/mol. The van der Waals surface area contributed by atoms with Gasteiger partial charge in [0.2, 0.25) is 0 Å². The van der Waals surface area contributed by atoms with Gasteiger partial charge in [0.15, 0.2) is 0 Å². The van der Waals surface area contributed by atoms with E-state index >= 15 is 0 Å². The fourth-order valence-electron chi connectivity index (χ4n) is 1.51. The minimum absolute atomic E-state index is 0.143. The molecule has 88 valence electrons. The summed E-state index contributed by atoms with van der Waals surface area (Å²) in [5.74, 6) is -0.319. The van der Waals surface area contributed by atoms with E-state index in [1.54, 1.807) is 18.3 Å². The monoisotopic (exact) mass is 296 g/mol. The molecule has 0 aliphatic heterocycles. The zero-order valence-electron chi connectivity index (χ0n) is 8.86. The molecule has 2 rings (SSSR count). The van der Waals surface area contributed by atoms with Gasteiger partial charge >= 0.3 is 0 Å². The van der Waals surface area contributed by atoms with Gasteiger partial charge in [0.05, 0.1) is 6.54 Å². The van der Waals surface area contributed by atoms with Crippen molar-refractivity contribution in [2.45, 2.75) is 6.54 Å². The molecule has 0 radical (unpaired) electrons. The summed E-state index contributed by atoms with van der Waals surface area (Å²) in [6, 6.07) is 7.32. The van der Waals surface area contributed by atoms with Crippen LogP contribution in [-0.2, 0) is 6.54 Å². The molecule has 5 heteroatoms. The van der Waals surface area contributed by atoms with E-state index in [0.717, 1.165) is 5.56 Å². The van der Waals surface area contributed by atoms with Crippen LogP contribution in [0.15, 0.2) is 45.8 Å². The Bertz CT molecular complexity index is 610. The fourth-order valence-corrected chi connectivity index (χ4v) is 1.98. The Kier molecular flexibility index (Phi) is 3.28. The van der Waals surface area contributed by atoms with E-state index in [2.05, 4.69) is 15.9 Å². The summed E-state index contributed by atoms with van der Waals surface area (Å²) in [4.78, 5) is 11.6. The van der Waals surface area contributed by atoms with Crippen molar-refractivity contribution in [1.82, 2.24) is 4.57 Å². The largest absolute Gasteiger partial charge is 0.398 e. The molecule has 1 aromatic heterocycles. The van der Waals surface area contributed by atoms with Crippen LogP contribution in [0.2, 0.25) is 0 Å². The lowest BCUT2D eigenvalue weighted by molar-refractivity contribution is 0.624. The van der Waals surface area contributed by atoms with Crippen molar-refractivity contribution in [3.63, 3.8) is 0 Å². The van der Waals surface area contributed by atoms with E-state index in [4.69, 9.17) is 5.73 Å². The second-order valence-electron chi connectivity index (χ2n) is 3.66. The first-order valence-electron chi connectivity index (χ1n) is 4.96. The third-order valence-electron chi connectivity index (χ3n) is 2.36. The van der Waals surface area contributed by atoms with Crippen LogP contribution >= 0.6 is 15.9 Å². The topological polar surface area (TPSA) is 48.0 Å². The molecule has 0 saturated carbocycles. The Morgan fingerprint density at radius 2 is 2.06 bits per heavy atom. The van der Waals surface area contributed by atoms with E-state index in [1.165, 1.54) is 22.8 Å². The number of aromatic nitrogens is 1. The van der Waals surface area contributed by atoms with E-state index in [1.807, 2.05) is 0 Å². The zero-order valence-corrected chi connectivity index (χ0v) is 10.4. The number of hydrogen-bond donors (Lipinski definition) is 1. The molecular formula is C12H10BrFN2O. The highest BCUT2D eigenvalue weighted by atomic mass is 79.9. The molecule has 17 heavy (non-hydrogen) atoms. The maximum Gasteiger partial charge on any atom is 0.250 e. The van der Waals surface area contributed by atoms with Gasteiger partial charge < -0.3 is 10.3 Å². The zero-order chi connectivity index (χ0) is 12.4. The van der Waals surface area contributed by atoms with Crippen LogP contribution in [0.1, 0.15) is 5.56 Å². The normalized spacial score (nSPS) is 10.5. The molecule has 0 bridgehead atoms. The number of halogens is 2. The lowest BCUT2D eigenvalue weighted by atomic mass is 10.2. The Labute approximate surface area is 106 Å². The molecule has 1 aromatic carbocycles. The van der Waals surface area contributed by atoms with Crippen LogP contribution in [0, 0.1) is 5.82 Å². The van der Waals surface area contributed by atoms with E-state index in [-0.39, 0.29) is 11.4 Å². The standard InChI is InChI=1S/C12H10BrFN2O/c13-11-5-9(14)2-1-8(11)6-16-7-10(15)3-4-12(16)17/h1-5,7H,6,15H2. The lowest BCUT2D eigenvalue weighted by Gasteiger charge is -2.08. The van der Waals surface area contributed by atoms with Gasteiger partial charge in [0.1, 0.15) is 5.82 Å². The van der Waals surface area contributed by atoms with Crippen molar-refractivity contribution in [3.05, 3.63) is 62.7 Å². The molecule has 0 amide bonds. The average Bonchev–Trinajstić information content (AvgIpc) is 2.27. The van der Waals surface area contributed by atoms with Crippen LogP contribution in [0.25, 0.3) is 0 Å². The summed E-state index contributed by atoms with van der Waals surface area (Å²) in [7, 11) is 0. The van der Waals surface area contributed by atoms with Crippen LogP contribution in [0.5, 0.6) is 0 Å². The summed E-state index contributed by atoms with van der Waals surface area (Å²) in [5.41, 5.74) is 6.80. The highest BCUT2D eigenvalue weighted by molar-refractivity contribution is 9.10. The van der Waals surface area contributed by atoms with Gasteiger partial charge in [-0.2, -0.15) is 0 Å². The summed E-state index contributed by atoms with van der Waals surface area (Å²) < 4.78 is 15.0. The number of nitrogen functional groups attached to an aromatic ring is 1. The van der Waals surface area contributed by atoms with Gasteiger partial charge in [-0.1, -0.05) is 22.0 Å². The predicted molar refractivity (Wildman–Crippen MR) is 68.3 cm³/mol. The molecule has 0 fully saturated rings. The number of anilines is 1. The summed E-state index contributed by atoms with van der Waals surface area (Å²) in [6.45, 7) is 0.352. The first-order valence-corrected chi connectivity index (χ1v) is 5.75. The van der Waals surface area contributed by atoms with Gasteiger partial charge in [-0.3, -0.25) is 4.79 Å². The summed E-state index contributed by atoms with van der Waals surface area (Å²) in [5, 5.41) is 0. The predicted octanol–water partition coefficient (Wildman–Crippen LogP) is 2.38. The average molecular weight is 297 g/mol. The van der Waals surface area contributed by atoms with E-state index < -0.39 is 0 Å². The van der Waals surface area contributed by atoms with Crippen LogP contribution in [0.3, 0.4) is 0 Å². The SMILES string of the molecule is Nc1ccc(=O)n(Cc2ccc(F)cc2Br)c1. The number of nitrogens with two attached hydrogens (primary N) is 1. The van der Waals surface area contributed by atoms with Crippen LogP contribution in [-0.4, -0.2) is 4.57 Å². The number of nitrogens with zero attached hydrogens (tertiary/aromatic N) is 1. The van der Waals surface area contributed by atoms with Gasteiger partial charge in [-0.05, 0) is 23.8 Å². The van der Waals surface area contributed by atoms with Crippen molar-refractivity contribution in [2.24, 2.45) is 0 Å². The molecule has 0 unspecified atom stereocenters. The van der Waals surface area contributed by atoms with Crippen molar-refractivity contribution >= 4 is 21.6 Å². The molecule has 0 saturated heterocycles. The Hall–Kier alpha value is -1.62. The molecule has 0 aliphatic carbocycles. The second-order valence-corrected chi connectivity index (χ2v) is 4.52. The third kappa shape index (κ3) is 2.74. The first kappa shape index (κ1) is 11.9. The van der Waals surface area contributed by atoms with Crippen molar-refractivity contribution in [3.8, 4) is 0 Å². The number of benzene rings is 1. The van der Waals surface area contributed by atoms with Gasteiger partial charge in [0.25, 0.3) is 5.56 Å². The maximum absolute atomic E-state index is 12.9. The van der Waals surface area contributed by atoms with E-state index in [9.17, 15) is 9.18 Å². The van der Waals surface area contributed by atoms with Gasteiger partial charge in [-0.25, -0.2) is 4.39 Å². The molecule has 2 N–H and O–H groups in total. The van der Waals surface area contributed by atoms with Gasteiger partial charge in [0, 0.05) is 22.4 Å². The summed E-state index contributed by atoms with van der Waals surface area (Å²) in [6.07, 6.45) is 1.57. The fraction of sp³-hybridized carbons (Fsp3) is 0.0833. The van der Waals surface area contributed by atoms with Crippen molar-refractivity contribution in [2.75, 3.05) is 5.73 Å². The van der Waals surface area contributed by atoms with Crippen molar-refractivity contribution in [1.29, 1.82) is 0 Å². The molecule has 0 atom stereocenters. The molecule has 3 nitrogen and oxygen atoms in total. The maximum atomic E-state index is 12.9. The van der Waals surface area contributed by atoms with Crippen molar-refractivity contribution < 1.29 is 4.39 Å². The minimum atomic E-state index is -0.319. The summed E-state index contributed by atoms with van der Waals surface area (Å²) >= 11 is 3.26. The Balaban J connectivity index is 2.38. The number of rotatable bonds is 2. The van der Waals surface area contributed by atoms with Crippen LogP contribution in [0.4, 0.5) is 10.1 Å². The highest BCUT2D eigenvalue weighted by Gasteiger charge is 2.04. The minimum Gasteiger partial charge on any atom is -0.398 e.